The monoisotopic (exact) mass is 452 g/mol. The third-order valence-corrected chi connectivity index (χ3v) is 6.81. The molecule has 0 unspecified atom stereocenters. The van der Waals surface area contributed by atoms with Crippen LogP contribution in [0.2, 0.25) is 0 Å². The molecule has 0 spiro atoms. The molecule has 10 nitrogen and oxygen atoms in total. The van der Waals surface area contributed by atoms with Gasteiger partial charge in [-0.25, -0.2) is 13.4 Å². The number of hydrogen-bond donors (Lipinski definition) is 1. The average molecular weight is 452 g/mol. The lowest BCUT2D eigenvalue weighted by Crippen LogP contribution is -2.44. The second-order valence-corrected chi connectivity index (χ2v) is 9.63. The number of imidazole rings is 1. The van der Waals surface area contributed by atoms with Crippen LogP contribution in [-0.4, -0.2) is 51.0 Å². The van der Waals surface area contributed by atoms with Crippen LogP contribution >= 0.6 is 0 Å². The van der Waals surface area contributed by atoms with Gasteiger partial charge >= 0.3 is 0 Å². The van der Waals surface area contributed by atoms with E-state index in [-0.39, 0.29) is 11.8 Å². The maximum atomic E-state index is 12.9. The Balaban J connectivity index is 1.40. The molecule has 4 heterocycles. The first kappa shape index (κ1) is 20.3. The smallest absolute Gasteiger partial charge is 0.274 e. The van der Waals surface area contributed by atoms with Crippen LogP contribution in [0.25, 0.3) is 17.0 Å². The Bertz CT molecular complexity index is 1440. The largest absolute Gasteiger partial charge is 0.337 e. The van der Waals surface area contributed by atoms with Crippen LogP contribution in [0, 0.1) is 6.92 Å². The zero-order chi connectivity index (χ0) is 22.5. The summed E-state index contributed by atoms with van der Waals surface area (Å²) in [5, 5.41) is 6.93. The van der Waals surface area contributed by atoms with Crippen LogP contribution in [0.5, 0.6) is 0 Å². The highest BCUT2D eigenvalue weighted by Crippen LogP contribution is 2.35. The van der Waals surface area contributed by atoms with E-state index >= 15 is 0 Å². The SMILES string of the molecule is Cc1ccc(-c2noc([C@@H]3CCN3S(C)(=O)=O)n2)cc1NC(=O)c1cnc2ccccn12. The predicted molar refractivity (Wildman–Crippen MR) is 117 cm³/mol. The summed E-state index contributed by atoms with van der Waals surface area (Å²) >= 11 is 0. The average Bonchev–Trinajstić information content (AvgIpc) is 3.35. The van der Waals surface area contributed by atoms with Crippen LogP contribution in [-0.2, 0) is 10.0 Å². The molecule has 1 aromatic carbocycles. The molecule has 1 saturated heterocycles. The molecule has 0 bridgehead atoms. The molecule has 11 heteroatoms. The number of rotatable bonds is 5. The van der Waals surface area contributed by atoms with Crippen molar-refractivity contribution in [3.63, 3.8) is 0 Å². The fourth-order valence-corrected chi connectivity index (χ4v) is 4.77. The molecule has 1 aliphatic heterocycles. The van der Waals surface area contributed by atoms with Crippen molar-refractivity contribution < 1.29 is 17.7 Å². The first-order valence-electron chi connectivity index (χ1n) is 9.96. The van der Waals surface area contributed by atoms with Gasteiger partial charge in [0.15, 0.2) is 0 Å². The maximum absolute atomic E-state index is 12.9. The minimum atomic E-state index is -3.33. The van der Waals surface area contributed by atoms with Crippen molar-refractivity contribution in [2.75, 3.05) is 18.1 Å². The minimum absolute atomic E-state index is 0.258. The van der Waals surface area contributed by atoms with E-state index in [2.05, 4.69) is 20.4 Å². The zero-order valence-corrected chi connectivity index (χ0v) is 18.2. The number of pyridine rings is 1. The van der Waals surface area contributed by atoms with Crippen molar-refractivity contribution in [2.24, 2.45) is 0 Å². The highest BCUT2D eigenvalue weighted by atomic mass is 32.2. The van der Waals surface area contributed by atoms with E-state index in [1.54, 1.807) is 16.7 Å². The normalized spacial score (nSPS) is 16.8. The number of carbonyl (C=O) groups is 1. The highest BCUT2D eigenvalue weighted by Gasteiger charge is 2.39. The quantitative estimate of drug-likeness (QED) is 0.494. The van der Waals surface area contributed by atoms with Gasteiger partial charge in [0.1, 0.15) is 17.4 Å². The van der Waals surface area contributed by atoms with Crippen LogP contribution in [0.4, 0.5) is 5.69 Å². The van der Waals surface area contributed by atoms with Crippen molar-refractivity contribution in [1.82, 2.24) is 23.8 Å². The van der Waals surface area contributed by atoms with Gasteiger partial charge in [0.05, 0.1) is 12.5 Å². The molecule has 1 atom stereocenters. The summed E-state index contributed by atoms with van der Waals surface area (Å²) in [7, 11) is -3.33. The van der Waals surface area contributed by atoms with Crippen LogP contribution in [0.3, 0.4) is 0 Å². The third kappa shape index (κ3) is 3.55. The number of nitrogens with one attached hydrogen (secondary N) is 1. The molecular weight excluding hydrogens is 432 g/mol. The van der Waals surface area contributed by atoms with Gasteiger partial charge < -0.3 is 9.84 Å². The number of aryl methyl sites for hydroxylation is 1. The molecule has 164 valence electrons. The predicted octanol–water partition coefficient (Wildman–Crippen LogP) is 2.65. The zero-order valence-electron chi connectivity index (χ0n) is 17.4. The van der Waals surface area contributed by atoms with E-state index < -0.39 is 16.1 Å². The summed E-state index contributed by atoms with van der Waals surface area (Å²) in [4.78, 5) is 21.5. The van der Waals surface area contributed by atoms with E-state index in [4.69, 9.17) is 4.52 Å². The standard InChI is InChI=1S/C21H20N6O4S/c1-13-6-7-14(19-24-21(31-25-19)16-8-10-27(16)32(2,29)30)11-15(13)23-20(28)17-12-22-18-5-3-4-9-26(17)18/h3-7,9,11-12,16H,8,10H2,1-2H3,(H,23,28)/t16-/m0/s1. The molecule has 32 heavy (non-hydrogen) atoms. The second-order valence-electron chi connectivity index (χ2n) is 7.69. The number of carbonyl (C=O) groups excluding carboxylic acids is 1. The Labute approximate surface area is 183 Å². The summed E-state index contributed by atoms with van der Waals surface area (Å²) in [6, 6.07) is 10.5. The Morgan fingerprint density at radius 2 is 2.09 bits per heavy atom. The fourth-order valence-electron chi connectivity index (χ4n) is 3.68. The summed E-state index contributed by atoms with van der Waals surface area (Å²) < 4.78 is 32.0. The van der Waals surface area contributed by atoms with E-state index in [1.807, 2.05) is 37.3 Å². The van der Waals surface area contributed by atoms with Gasteiger partial charge in [0.25, 0.3) is 5.91 Å². The van der Waals surface area contributed by atoms with Crippen molar-refractivity contribution in [3.8, 4) is 11.4 Å². The summed E-state index contributed by atoms with van der Waals surface area (Å²) in [6.07, 6.45) is 5.10. The minimum Gasteiger partial charge on any atom is -0.337 e. The number of fused-ring (bicyclic) bond motifs is 1. The topological polar surface area (TPSA) is 123 Å². The third-order valence-electron chi connectivity index (χ3n) is 5.52. The van der Waals surface area contributed by atoms with Crippen molar-refractivity contribution in [3.05, 3.63) is 65.9 Å². The fraction of sp³-hybridized carbons (Fsp3) is 0.238. The molecule has 1 aliphatic rings. The molecule has 1 fully saturated rings. The molecule has 0 radical (unpaired) electrons. The Morgan fingerprint density at radius 1 is 1.25 bits per heavy atom. The van der Waals surface area contributed by atoms with Crippen LogP contribution in [0.15, 0.2) is 53.3 Å². The molecule has 3 aromatic heterocycles. The molecule has 0 saturated carbocycles. The van der Waals surface area contributed by atoms with Gasteiger partial charge in [0.2, 0.25) is 21.7 Å². The van der Waals surface area contributed by atoms with Crippen molar-refractivity contribution in [2.45, 2.75) is 19.4 Å². The molecular formula is C21H20N6O4S. The number of amides is 1. The lowest BCUT2D eigenvalue weighted by atomic mass is 10.1. The number of sulfonamides is 1. The van der Waals surface area contributed by atoms with Crippen molar-refractivity contribution in [1.29, 1.82) is 0 Å². The van der Waals surface area contributed by atoms with E-state index in [1.165, 1.54) is 10.5 Å². The van der Waals surface area contributed by atoms with Gasteiger partial charge in [-0.2, -0.15) is 9.29 Å². The summed E-state index contributed by atoms with van der Waals surface area (Å²) in [5.41, 5.74) is 3.21. The van der Waals surface area contributed by atoms with Gasteiger partial charge in [0, 0.05) is 24.0 Å². The lowest BCUT2D eigenvalue weighted by Gasteiger charge is -2.35. The van der Waals surface area contributed by atoms with Crippen molar-refractivity contribution >= 4 is 27.3 Å². The summed E-state index contributed by atoms with van der Waals surface area (Å²) in [6.45, 7) is 2.32. The van der Waals surface area contributed by atoms with Gasteiger partial charge in [-0.1, -0.05) is 23.4 Å². The number of anilines is 1. The van der Waals surface area contributed by atoms with Crippen LogP contribution in [0.1, 0.15) is 34.4 Å². The Morgan fingerprint density at radius 3 is 2.84 bits per heavy atom. The molecule has 5 rings (SSSR count). The number of hydrogen-bond acceptors (Lipinski definition) is 7. The van der Waals surface area contributed by atoms with E-state index in [9.17, 15) is 13.2 Å². The molecule has 1 N–H and O–H groups in total. The number of benzene rings is 1. The highest BCUT2D eigenvalue weighted by molar-refractivity contribution is 7.88. The first-order valence-corrected chi connectivity index (χ1v) is 11.8. The maximum Gasteiger partial charge on any atom is 0.274 e. The molecule has 1 amide bonds. The van der Waals surface area contributed by atoms with Gasteiger partial charge in [-0.3, -0.25) is 9.20 Å². The number of nitrogens with zero attached hydrogens (tertiary/aromatic N) is 5. The number of aromatic nitrogens is 4. The first-order chi connectivity index (χ1) is 15.3. The molecule has 0 aliphatic carbocycles. The van der Waals surface area contributed by atoms with E-state index in [0.717, 1.165) is 11.8 Å². The molecule has 4 aromatic rings. The van der Waals surface area contributed by atoms with Gasteiger partial charge in [-0.05, 0) is 37.1 Å². The van der Waals surface area contributed by atoms with Crippen LogP contribution < -0.4 is 5.32 Å². The summed E-state index contributed by atoms with van der Waals surface area (Å²) in [5.74, 6) is 0.287. The van der Waals surface area contributed by atoms with E-state index in [0.29, 0.717) is 41.4 Å². The second kappa shape index (κ2) is 7.53. The lowest BCUT2D eigenvalue weighted by molar-refractivity contribution is 0.102. The van der Waals surface area contributed by atoms with Gasteiger partial charge in [-0.15, -0.1) is 0 Å². The Hall–Kier alpha value is -3.57. The Kier molecular flexibility index (Phi) is 4.79.